The smallest absolute Gasteiger partial charge is 0.127 e. The fourth-order valence-corrected chi connectivity index (χ4v) is 1.28. The summed E-state index contributed by atoms with van der Waals surface area (Å²) in [6.07, 6.45) is -0.0378. The van der Waals surface area contributed by atoms with Gasteiger partial charge in [-0.05, 0) is 19.9 Å². The zero-order chi connectivity index (χ0) is 12.1. The van der Waals surface area contributed by atoms with Crippen LogP contribution in [0.2, 0.25) is 0 Å². The predicted octanol–water partition coefficient (Wildman–Crippen LogP) is 2.26. The van der Waals surface area contributed by atoms with Gasteiger partial charge in [0.1, 0.15) is 18.2 Å². The molecule has 0 amide bonds. The van der Waals surface area contributed by atoms with E-state index >= 15 is 0 Å². The fraction of sp³-hybridized carbons (Fsp3) is 0.500. The van der Waals surface area contributed by atoms with Gasteiger partial charge in [-0.1, -0.05) is 6.07 Å². The third-order valence-electron chi connectivity index (χ3n) is 2.34. The molecule has 3 nitrogen and oxygen atoms in total. The van der Waals surface area contributed by atoms with Crippen LogP contribution in [0.4, 0.5) is 4.39 Å². The SMILES string of the molecule is COC(C)COc1cc(F)ccc1C(C)N. The Morgan fingerprint density at radius 3 is 2.62 bits per heavy atom. The van der Waals surface area contributed by atoms with Crippen molar-refractivity contribution in [3.8, 4) is 5.75 Å². The van der Waals surface area contributed by atoms with E-state index in [4.69, 9.17) is 15.2 Å². The zero-order valence-corrected chi connectivity index (χ0v) is 9.87. The number of halogens is 1. The summed E-state index contributed by atoms with van der Waals surface area (Å²) in [6.45, 7) is 4.09. The van der Waals surface area contributed by atoms with Crippen LogP contribution in [-0.4, -0.2) is 19.8 Å². The van der Waals surface area contributed by atoms with Gasteiger partial charge in [0, 0.05) is 24.8 Å². The molecule has 0 saturated heterocycles. The number of hydrogen-bond donors (Lipinski definition) is 1. The summed E-state index contributed by atoms with van der Waals surface area (Å²) in [4.78, 5) is 0. The fourth-order valence-electron chi connectivity index (χ4n) is 1.28. The second-order valence-corrected chi connectivity index (χ2v) is 3.83. The van der Waals surface area contributed by atoms with Gasteiger partial charge in [-0.15, -0.1) is 0 Å². The molecule has 2 unspecified atom stereocenters. The van der Waals surface area contributed by atoms with Crippen molar-refractivity contribution in [3.63, 3.8) is 0 Å². The second-order valence-electron chi connectivity index (χ2n) is 3.83. The van der Waals surface area contributed by atoms with Crippen molar-refractivity contribution in [1.82, 2.24) is 0 Å². The first-order valence-electron chi connectivity index (χ1n) is 5.25. The van der Waals surface area contributed by atoms with Crippen molar-refractivity contribution in [3.05, 3.63) is 29.6 Å². The summed E-state index contributed by atoms with van der Waals surface area (Å²) in [5.74, 6) is 0.156. The molecular weight excluding hydrogens is 209 g/mol. The Kier molecular flexibility index (Phi) is 4.71. The van der Waals surface area contributed by atoms with Crippen LogP contribution in [0.25, 0.3) is 0 Å². The lowest BCUT2D eigenvalue weighted by molar-refractivity contribution is 0.0711. The molecule has 0 radical (unpaired) electrons. The van der Waals surface area contributed by atoms with Gasteiger partial charge in [0.25, 0.3) is 0 Å². The molecule has 0 saturated carbocycles. The van der Waals surface area contributed by atoms with E-state index in [1.54, 1.807) is 13.2 Å². The molecule has 1 rings (SSSR count). The largest absolute Gasteiger partial charge is 0.490 e. The minimum absolute atomic E-state index is 0.0378. The molecule has 0 heterocycles. The summed E-state index contributed by atoms with van der Waals surface area (Å²) in [5, 5.41) is 0. The molecule has 16 heavy (non-hydrogen) atoms. The van der Waals surface area contributed by atoms with Gasteiger partial charge in [0.05, 0.1) is 6.10 Å². The second kappa shape index (κ2) is 5.82. The highest BCUT2D eigenvalue weighted by atomic mass is 19.1. The molecular formula is C12H18FNO2. The van der Waals surface area contributed by atoms with E-state index in [0.29, 0.717) is 12.4 Å². The number of benzene rings is 1. The molecule has 0 bridgehead atoms. The predicted molar refractivity (Wildman–Crippen MR) is 61.0 cm³/mol. The molecule has 0 aromatic heterocycles. The van der Waals surface area contributed by atoms with Gasteiger partial charge < -0.3 is 15.2 Å². The van der Waals surface area contributed by atoms with E-state index < -0.39 is 0 Å². The van der Waals surface area contributed by atoms with Gasteiger partial charge in [0.2, 0.25) is 0 Å². The Hall–Kier alpha value is -1.13. The minimum Gasteiger partial charge on any atom is -0.490 e. The summed E-state index contributed by atoms with van der Waals surface area (Å²) in [7, 11) is 1.60. The average Bonchev–Trinajstić information content (AvgIpc) is 2.25. The number of nitrogens with two attached hydrogens (primary N) is 1. The molecule has 0 spiro atoms. The lowest BCUT2D eigenvalue weighted by Gasteiger charge is -2.16. The van der Waals surface area contributed by atoms with Crippen LogP contribution < -0.4 is 10.5 Å². The topological polar surface area (TPSA) is 44.5 Å². The van der Waals surface area contributed by atoms with Gasteiger partial charge in [0.15, 0.2) is 0 Å². The minimum atomic E-state index is -0.329. The summed E-state index contributed by atoms with van der Waals surface area (Å²) in [5.41, 5.74) is 6.57. The van der Waals surface area contributed by atoms with Gasteiger partial charge >= 0.3 is 0 Å². The zero-order valence-electron chi connectivity index (χ0n) is 9.87. The Bertz CT molecular complexity index is 342. The van der Waals surface area contributed by atoms with Crippen molar-refractivity contribution < 1.29 is 13.9 Å². The van der Waals surface area contributed by atoms with Gasteiger partial charge in [-0.2, -0.15) is 0 Å². The van der Waals surface area contributed by atoms with E-state index in [1.807, 2.05) is 13.8 Å². The average molecular weight is 227 g/mol. The summed E-state index contributed by atoms with van der Waals surface area (Å²) >= 11 is 0. The quantitative estimate of drug-likeness (QED) is 0.839. The Morgan fingerprint density at radius 2 is 2.06 bits per heavy atom. The third-order valence-corrected chi connectivity index (χ3v) is 2.34. The highest BCUT2D eigenvalue weighted by Gasteiger charge is 2.10. The Balaban J connectivity index is 2.80. The van der Waals surface area contributed by atoms with E-state index in [-0.39, 0.29) is 18.0 Å². The maximum absolute atomic E-state index is 13.1. The lowest BCUT2D eigenvalue weighted by Crippen LogP contribution is -2.17. The molecule has 0 fully saturated rings. The molecule has 0 aliphatic rings. The van der Waals surface area contributed by atoms with E-state index in [9.17, 15) is 4.39 Å². The molecule has 90 valence electrons. The first kappa shape index (κ1) is 12.9. The van der Waals surface area contributed by atoms with Crippen LogP contribution in [0.5, 0.6) is 5.75 Å². The summed E-state index contributed by atoms with van der Waals surface area (Å²) < 4.78 is 23.6. The molecule has 1 aromatic carbocycles. The molecule has 0 aliphatic heterocycles. The molecule has 4 heteroatoms. The van der Waals surface area contributed by atoms with Crippen molar-refractivity contribution >= 4 is 0 Å². The lowest BCUT2D eigenvalue weighted by atomic mass is 10.1. The van der Waals surface area contributed by atoms with Crippen LogP contribution in [0.1, 0.15) is 25.5 Å². The number of rotatable bonds is 5. The number of hydrogen-bond acceptors (Lipinski definition) is 3. The van der Waals surface area contributed by atoms with Crippen LogP contribution in [-0.2, 0) is 4.74 Å². The first-order valence-corrected chi connectivity index (χ1v) is 5.25. The third kappa shape index (κ3) is 3.47. The Morgan fingerprint density at radius 1 is 1.38 bits per heavy atom. The monoisotopic (exact) mass is 227 g/mol. The summed E-state index contributed by atoms with van der Waals surface area (Å²) in [6, 6.07) is 4.19. The van der Waals surface area contributed by atoms with Crippen molar-refractivity contribution in [1.29, 1.82) is 0 Å². The highest BCUT2D eigenvalue weighted by Crippen LogP contribution is 2.24. The van der Waals surface area contributed by atoms with E-state index in [1.165, 1.54) is 12.1 Å². The van der Waals surface area contributed by atoms with E-state index in [2.05, 4.69) is 0 Å². The maximum Gasteiger partial charge on any atom is 0.127 e. The van der Waals surface area contributed by atoms with Crippen molar-refractivity contribution in [2.24, 2.45) is 5.73 Å². The highest BCUT2D eigenvalue weighted by molar-refractivity contribution is 5.36. The van der Waals surface area contributed by atoms with Crippen molar-refractivity contribution in [2.75, 3.05) is 13.7 Å². The van der Waals surface area contributed by atoms with Crippen LogP contribution in [0, 0.1) is 5.82 Å². The molecule has 2 N–H and O–H groups in total. The van der Waals surface area contributed by atoms with Gasteiger partial charge in [-0.3, -0.25) is 0 Å². The van der Waals surface area contributed by atoms with Gasteiger partial charge in [-0.25, -0.2) is 4.39 Å². The number of ether oxygens (including phenoxy) is 2. The standard InChI is InChI=1S/C12H18FNO2/c1-8(15-3)7-16-12-6-10(13)4-5-11(12)9(2)14/h4-6,8-9H,7,14H2,1-3H3. The maximum atomic E-state index is 13.1. The van der Waals surface area contributed by atoms with E-state index in [0.717, 1.165) is 5.56 Å². The molecule has 2 atom stereocenters. The number of methoxy groups -OCH3 is 1. The first-order chi connectivity index (χ1) is 7.54. The van der Waals surface area contributed by atoms with Crippen LogP contribution >= 0.6 is 0 Å². The van der Waals surface area contributed by atoms with Crippen molar-refractivity contribution in [2.45, 2.75) is 26.0 Å². The van der Waals surface area contributed by atoms with Crippen LogP contribution in [0.15, 0.2) is 18.2 Å². The Labute approximate surface area is 95.4 Å². The molecule has 1 aromatic rings. The normalized spacial score (nSPS) is 14.6. The molecule has 0 aliphatic carbocycles. The van der Waals surface area contributed by atoms with Crippen LogP contribution in [0.3, 0.4) is 0 Å².